The highest BCUT2D eigenvalue weighted by molar-refractivity contribution is 6.30. The van der Waals surface area contributed by atoms with E-state index in [1.165, 1.54) is 12.1 Å². The Bertz CT molecular complexity index is 1240. The van der Waals surface area contributed by atoms with Crippen molar-refractivity contribution >= 4 is 23.3 Å². The van der Waals surface area contributed by atoms with Gasteiger partial charge in [0.25, 0.3) is 0 Å². The van der Waals surface area contributed by atoms with E-state index in [0.717, 1.165) is 23.1 Å². The Hall–Kier alpha value is -3.10. The van der Waals surface area contributed by atoms with E-state index in [-0.39, 0.29) is 11.9 Å². The molecule has 0 N–H and O–H groups in total. The predicted molar refractivity (Wildman–Crippen MR) is 128 cm³/mol. The fourth-order valence-electron chi connectivity index (χ4n) is 5.65. The quantitative estimate of drug-likeness (QED) is 0.519. The van der Waals surface area contributed by atoms with Crippen LogP contribution >= 0.6 is 11.6 Å². The lowest BCUT2D eigenvalue weighted by Crippen LogP contribution is -2.46. The molecule has 9 heteroatoms. The molecule has 6 rings (SSSR count). The lowest BCUT2D eigenvalue weighted by atomic mass is 9.77. The second-order valence-corrected chi connectivity index (χ2v) is 10.0. The molecule has 180 valence electrons. The van der Waals surface area contributed by atoms with Crippen molar-refractivity contribution in [3.63, 3.8) is 0 Å². The molecule has 3 aromatic rings. The maximum atomic E-state index is 13.8. The molecule has 0 aliphatic carbocycles. The van der Waals surface area contributed by atoms with Gasteiger partial charge in [-0.15, -0.1) is 0 Å². The smallest absolute Gasteiger partial charge is 0.245 e. The Kier molecular flexibility index (Phi) is 5.45. The number of fused-ring (bicyclic) bond motifs is 1. The Morgan fingerprint density at radius 2 is 1.66 bits per heavy atom. The third kappa shape index (κ3) is 3.94. The largest absolute Gasteiger partial charge is 0.355 e. The summed E-state index contributed by atoms with van der Waals surface area (Å²) in [5.41, 5.74) is 1.77. The SMILES string of the molecule is O=C1N2[C@H](c3cc(F)cc(F)c3)CCN2CC12CCN(c1cnc(-c3ccc(Cl)cc3)cn1)CC2. The first-order valence-electron chi connectivity index (χ1n) is 11.8. The van der Waals surface area contributed by atoms with Crippen molar-refractivity contribution in [1.82, 2.24) is 20.0 Å². The van der Waals surface area contributed by atoms with Crippen LogP contribution in [0.2, 0.25) is 5.02 Å². The van der Waals surface area contributed by atoms with Crippen LogP contribution in [0.1, 0.15) is 30.9 Å². The zero-order valence-electron chi connectivity index (χ0n) is 19.0. The van der Waals surface area contributed by atoms with Crippen LogP contribution in [-0.4, -0.2) is 52.1 Å². The summed E-state index contributed by atoms with van der Waals surface area (Å²) in [7, 11) is 0. The number of halogens is 3. The minimum atomic E-state index is -0.615. The van der Waals surface area contributed by atoms with Gasteiger partial charge in [0.2, 0.25) is 5.91 Å². The second-order valence-electron chi connectivity index (χ2n) is 9.58. The van der Waals surface area contributed by atoms with Gasteiger partial charge >= 0.3 is 0 Å². The predicted octanol–water partition coefficient (Wildman–Crippen LogP) is 4.87. The zero-order chi connectivity index (χ0) is 24.2. The summed E-state index contributed by atoms with van der Waals surface area (Å²) in [6.07, 6.45) is 5.60. The van der Waals surface area contributed by atoms with E-state index in [4.69, 9.17) is 11.6 Å². The van der Waals surface area contributed by atoms with Crippen molar-refractivity contribution in [3.05, 3.63) is 77.1 Å². The van der Waals surface area contributed by atoms with Gasteiger partial charge in [0.15, 0.2) is 0 Å². The van der Waals surface area contributed by atoms with Crippen LogP contribution < -0.4 is 4.90 Å². The molecule has 1 atom stereocenters. The van der Waals surface area contributed by atoms with E-state index in [1.807, 2.05) is 24.3 Å². The first kappa shape index (κ1) is 22.4. The number of piperidine rings is 1. The van der Waals surface area contributed by atoms with E-state index in [1.54, 1.807) is 17.4 Å². The summed E-state index contributed by atoms with van der Waals surface area (Å²) < 4.78 is 27.7. The molecule has 3 saturated heterocycles. The van der Waals surface area contributed by atoms with Gasteiger partial charge in [-0.3, -0.25) is 14.8 Å². The number of anilines is 1. The molecule has 0 unspecified atom stereocenters. The minimum Gasteiger partial charge on any atom is -0.355 e. The van der Waals surface area contributed by atoms with Crippen molar-refractivity contribution < 1.29 is 13.6 Å². The molecule has 3 fully saturated rings. The van der Waals surface area contributed by atoms with Gasteiger partial charge in [0.05, 0.1) is 29.5 Å². The van der Waals surface area contributed by atoms with E-state index in [2.05, 4.69) is 19.9 Å². The number of carbonyl (C=O) groups excluding carboxylic acids is 1. The van der Waals surface area contributed by atoms with Crippen LogP contribution in [-0.2, 0) is 4.79 Å². The van der Waals surface area contributed by atoms with E-state index in [9.17, 15) is 13.6 Å². The maximum Gasteiger partial charge on any atom is 0.245 e. The average Bonchev–Trinajstić information content (AvgIpc) is 3.37. The molecule has 1 spiro atoms. The molecule has 2 aromatic carbocycles. The molecule has 6 nitrogen and oxygen atoms in total. The molecule has 0 radical (unpaired) electrons. The number of benzene rings is 2. The third-order valence-electron chi connectivity index (χ3n) is 7.50. The second kappa shape index (κ2) is 8.53. The van der Waals surface area contributed by atoms with E-state index in [0.29, 0.717) is 56.0 Å². The average molecular weight is 496 g/mol. The lowest BCUT2D eigenvalue weighted by molar-refractivity contribution is -0.143. The van der Waals surface area contributed by atoms with Crippen molar-refractivity contribution in [3.8, 4) is 11.3 Å². The van der Waals surface area contributed by atoms with Crippen LogP contribution in [0, 0.1) is 17.0 Å². The van der Waals surface area contributed by atoms with Gasteiger partial charge in [-0.2, -0.15) is 0 Å². The number of nitrogens with zero attached hydrogens (tertiary/aromatic N) is 5. The summed E-state index contributed by atoms with van der Waals surface area (Å²) in [5, 5.41) is 4.49. The first-order valence-corrected chi connectivity index (χ1v) is 12.2. The number of hydrogen-bond acceptors (Lipinski definition) is 5. The molecule has 35 heavy (non-hydrogen) atoms. The lowest BCUT2D eigenvalue weighted by Gasteiger charge is -2.38. The molecule has 4 heterocycles. The van der Waals surface area contributed by atoms with E-state index >= 15 is 0 Å². The van der Waals surface area contributed by atoms with Gasteiger partial charge in [-0.1, -0.05) is 23.7 Å². The molecule has 1 aromatic heterocycles. The summed E-state index contributed by atoms with van der Waals surface area (Å²) in [6, 6.07) is 10.7. The molecule has 0 saturated carbocycles. The van der Waals surface area contributed by atoms with Crippen molar-refractivity contribution in [2.24, 2.45) is 5.41 Å². The molecular weight excluding hydrogens is 472 g/mol. The van der Waals surface area contributed by atoms with Gasteiger partial charge in [0.1, 0.15) is 17.5 Å². The van der Waals surface area contributed by atoms with Crippen LogP contribution in [0.4, 0.5) is 14.6 Å². The van der Waals surface area contributed by atoms with E-state index < -0.39 is 17.0 Å². The maximum absolute atomic E-state index is 13.8. The van der Waals surface area contributed by atoms with Crippen LogP contribution in [0.25, 0.3) is 11.3 Å². The van der Waals surface area contributed by atoms with Crippen LogP contribution in [0.3, 0.4) is 0 Å². The number of rotatable bonds is 3. The van der Waals surface area contributed by atoms with Crippen molar-refractivity contribution in [1.29, 1.82) is 0 Å². The number of aromatic nitrogens is 2. The van der Waals surface area contributed by atoms with Crippen LogP contribution in [0.5, 0.6) is 0 Å². The summed E-state index contributed by atoms with van der Waals surface area (Å²) in [6.45, 7) is 2.75. The Morgan fingerprint density at radius 3 is 2.31 bits per heavy atom. The first-order chi connectivity index (χ1) is 16.9. The molecule has 1 amide bonds. The number of carbonyl (C=O) groups is 1. The van der Waals surface area contributed by atoms with Gasteiger partial charge < -0.3 is 4.90 Å². The molecule has 3 aliphatic heterocycles. The Labute approximate surface area is 207 Å². The Morgan fingerprint density at radius 1 is 0.943 bits per heavy atom. The van der Waals surface area contributed by atoms with Crippen LogP contribution in [0.15, 0.2) is 54.9 Å². The number of hydrogen-bond donors (Lipinski definition) is 0. The number of amides is 1. The monoisotopic (exact) mass is 495 g/mol. The summed E-state index contributed by atoms with van der Waals surface area (Å²) in [5.74, 6) is -0.377. The van der Waals surface area contributed by atoms with Gasteiger partial charge in [0, 0.05) is 42.8 Å². The van der Waals surface area contributed by atoms with Gasteiger partial charge in [-0.25, -0.2) is 18.8 Å². The fourth-order valence-corrected chi connectivity index (χ4v) is 5.78. The highest BCUT2D eigenvalue weighted by Crippen LogP contribution is 2.47. The zero-order valence-corrected chi connectivity index (χ0v) is 19.8. The summed E-state index contributed by atoms with van der Waals surface area (Å²) in [4.78, 5) is 25.0. The highest BCUT2D eigenvalue weighted by Gasteiger charge is 2.56. The Balaban J connectivity index is 1.15. The van der Waals surface area contributed by atoms with Crippen molar-refractivity contribution in [2.45, 2.75) is 25.3 Å². The van der Waals surface area contributed by atoms with Crippen molar-refractivity contribution in [2.75, 3.05) is 31.1 Å². The fraction of sp³-hybridized carbons (Fsp3) is 0.346. The standard InChI is InChI=1S/C26H24ClF2N5O/c27-19-3-1-17(2-4-19)22-14-31-24(15-30-22)32-9-6-26(7-10-32)16-33-8-5-23(34(33)25(26)35)18-11-20(28)13-21(29)12-18/h1-4,11-15,23H,5-10,16H2/t23-/m0/s1. The molecule has 0 bridgehead atoms. The molecular formula is C26H24ClF2N5O. The van der Waals surface area contributed by atoms with Gasteiger partial charge in [-0.05, 0) is 49.1 Å². The topological polar surface area (TPSA) is 52.6 Å². The third-order valence-corrected chi connectivity index (χ3v) is 7.75. The summed E-state index contributed by atoms with van der Waals surface area (Å²) >= 11 is 5.97. The minimum absolute atomic E-state index is 0.0634. The molecule has 3 aliphatic rings. The highest BCUT2D eigenvalue weighted by atomic mass is 35.5. The normalized spacial score (nSPS) is 21.7. The number of hydrazine groups is 1.